The summed E-state index contributed by atoms with van der Waals surface area (Å²) in [6.07, 6.45) is -0.0457. The first-order chi connectivity index (χ1) is 17.4. The number of ether oxygens (including phenoxy) is 3. The highest BCUT2D eigenvalue weighted by Crippen LogP contribution is 2.33. The first-order valence-corrected chi connectivity index (χ1v) is 12.4. The van der Waals surface area contributed by atoms with E-state index < -0.39 is 5.82 Å². The van der Waals surface area contributed by atoms with Gasteiger partial charge < -0.3 is 34.4 Å². The Labute approximate surface area is 211 Å². The lowest BCUT2D eigenvalue weighted by Crippen LogP contribution is -2.49. The zero-order valence-electron chi connectivity index (χ0n) is 21.1. The summed E-state index contributed by atoms with van der Waals surface area (Å²) in [6, 6.07) is 6.41. The Morgan fingerprint density at radius 3 is 2.72 bits per heavy atom. The number of urea groups is 1. The molecule has 2 fully saturated rings. The number of rotatable bonds is 7. The molecule has 1 aromatic heterocycles. The largest absolute Gasteiger partial charge is 0.475 e. The van der Waals surface area contributed by atoms with Crippen LogP contribution in [0.5, 0.6) is 5.88 Å². The number of nitrogens with zero attached hydrogens (tertiary/aromatic N) is 3. The van der Waals surface area contributed by atoms with Crippen molar-refractivity contribution in [1.82, 2.24) is 9.88 Å². The molecule has 0 bridgehead atoms. The molecule has 36 heavy (non-hydrogen) atoms. The van der Waals surface area contributed by atoms with Gasteiger partial charge in [-0.05, 0) is 47.7 Å². The van der Waals surface area contributed by atoms with E-state index in [2.05, 4.69) is 29.0 Å². The maximum Gasteiger partial charge on any atom is 0.322 e. The van der Waals surface area contributed by atoms with Crippen LogP contribution in [0.2, 0.25) is 0 Å². The van der Waals surface area contributed by atoms with E-state index in [1.54, 1.807) is 17.0 Å². The SMILES string of the molecule is Cc1cc(F)c(NC(=O)N2CCOC(C(C)C)C2)cc1-c1cc(OCCO)nc(N2CCOCC2)c1. The Hall–Kier alpha value is -2.95. The number of benzene rings is 1. The summed E-state index contributed by atoms with van der Waals surface area (Å²) in [5.74, 6) is 0.854. The molecule has 2 N–H and O–H groups in total. The van der Waals surface area contributed by atoms with Gasteiger partial charge in [-0.3, -0.25) is 0 Å². The topological polar surface area (TPSA) is 96.4 Å². The number of aromatic nitrogens is 1. The molecule has 1 atom stereocenters. The molecule has 196 valence electrons. The molecule has 2 aliphatic heterocycles. The van der Waals surface area contributed by atoms with Crippen LogP contribution in [-0.4, -0.2) is 86.3 Å². The van der Waals surface area contributed by atoms with E-state index in [1.165, 1.54) is 6.07 Å². The molecule has 1 aromatic carbocycles. The second-order valence-electron chi connectivity index (χ2n) is 9.40. The fraction of sp³-hybridized carbons (Fsp3) is 0.538. The summed E-state index contributed by atoms with van der Waals surface area (Å²) < 4.78 is 31.8. The summed E-state index contributed by atoms with van der Waals surface area (Å²) in [4.78, 5) is 21.3. The first-order valence-electron chi connectivity index (χ1n) is 12.4. The minimum atomic E-state index is -0.502. The highest BCUT2D eigenvalue weighted by Gasteiger charge is 2.27. The summed E-state index contributed by atoms with van der Waals surface area (Å²) in [5.41, 5.74) is 2.35. The summed E-state index contributed by atoms with van der Waals surface area (Å²) in [5, 5.41) is 12.0. The van der Waals surface area contributed by atoms with Crippen LogP contribution in [0, 0.1) is 18.7 Å². The van der Waals surface area contributed by atoms with Crippen molar-refractivity contribution < 1.29 is 28.5 Å². The third kappa shape index (κ3) is 6.24. The van der Waals surface area contributed by atoms with Crippen molar-refractivity contribution in [2.75, 3.05) is 69.4 Å². The Morgan fingerprint density at radius 1 is 1.22 bits per heavy atom. The number of carbonyl (C=O) groups is 1. The van der Waals surface area contributed by atoms with Crippen molar-refractivity contribution in [1.29, 1.82) is 0 Å². The fourth-order valence-corrected chi connectivity index (χ4v) is 4.36. The number of halogens is 1. The number of nitrogens with one attached hydrogen (secondary N) is 1. The van der Waals surface area contributed by atoms with Crippen molar-refractivity contribution in [3.05, 3.63) is 35.6 Å². The zero-order valence-corrected chi connectivity index (χ0v) is 21.1. The minimum absolute atomic E-state index is 0.0457. The monoisotopic (exact) mass is 502 g/mol. The molecule has 0 radical (unpaired) electrons. The molecule has 2 aromatic rings. The fourth-order valence-electron chi connectivity index (χ4n) is 4.36. The second kappa shape index (κ2) is 11.9. The van der Waals surface area contributed by atoms with E-state index >= 15 is 0 Å². The summed E-state index contributed by atoms with van der Waals surface area (Å²) in [6.45, 7) is 9.85. The Balaban J connectivity index is 1.62. The summed E-state index contributed by atoms with van der Waals surface area (Å²) in [7, 11) is 0. The molecule has 2 amide bonds. The van der Waals surface area contributed by atoms with Gasteiger partial charge in [0.2, 0.25) is 5.88 Å². The van der Waals surface area contributed by atoms with Crippen molar-refractivity contribution in [3.8, 4) is 17.0 Å². The molecule has 0 aliphatic carbocycles. The highest BCUT2D eigenvalue weighted by molar-refractivity contribution is 5.91. The quantitative estimate of drug-likeness (QED) is 0.600. The molecule has 1 unspecified atom stereocenters. The number of hydrogen-bond acceptors (Lipinski definition) is 7. The van der Waals surface area contributed by atoms with Gasteiger partial charge in [0, 0.05) is 32.2 Å². The number of anilines is 2. The van der Waals surface area contributed by atoms with Crippen LogP contribution in [0.1, 0.15) is 19.4 Å². The van der Waals surface area contributed by atoms with E-state index in [1.807, 2.05) is 13.0 Å². The molecule has 2 aliphatic rings. The van der Waals surface area contributed by atoms with Gasteiger partial charge in [-0.1, -0.05) is 13.8 Å². The first kappa shape index (κ1) is 26.1. The van der Waals surface area contributed by atoms with Gasteiger partial charge in [0.05, 0.1) is 38.2 Å². The molecule has 2 saturated heterocycles. The van der Waals surface area contributed by atoms with Crippen molar-refractivity contribution in [2.24, 2.45) is 5.92 Å². The number of aryl methyl sites for hydroxylation is 1. The minimum Gasteiger partial charge on any atom is -0.475 e. The van der Waals surface area contributed by atoms with Gasteiger partial charge in [0.1, 0.15) is 18.2 Å². The Bertz CT molecular complexity index is 1060. The maximum absolute atomic E-state index is 14.9. The predicted octanol–water partition coefficient (Wildman–Crippen LogP) is 3.29. The van der Waals surface area contributed by atoms with Crippen LogP contribution in [0.3, 0.4) is 0 Å². The third-order valence-corrected chi connectivity index (χ3v) is 6.46. The lowest BCUT2D eigenvalue weighted by molar-refractivity contribution is -0.0355. The van der Waals surface area contributed by atoms with Gasteiger partial charge in [0.15, 0.2) is 0 Å². The highest BCUT2D eigenvalue weighted by atomic mass is 19.1. The van der Waals surface area contributed by atoms with E-state index in [4.69, 9.17) is 14.2 Å². The van der Waals surface area contributed by atoms with Crippen LogP contribution >= 0.6 is 0 Å². The van der Waals surface area contributed by atoms with E-state index in [9.17, 15) is 14.3 Å². The van der Waals surface area contributed by atoms with Gasteiger partial charge in [0.25, 0.3) is 0 Å². The maximum atomic E-state index is 14.9. The average Bonchev–Trinajstić information content (AvgIpc) is 2.89. The Morgan fingerprint density at radius 2 is 2.00 bits per heavy atom. The van der Waals surface area contributed by atoms with Crippen LogP contribution < -0.4 is 15.0 Å². The smallest absolute Gasteiger partial charge is 0.322 e. The van der Waals surface area contributed by atoms with Gasteiger partial charge >= 0.3 is 6.03 Å². The van der Waals surface area contributed by atoms with Gasteiger partial charge in [-0.25, -0.2) is 9.18 Å². The van der Waals surface area contributed by atoms with E-state index in [-0.39, 0.29) is 37.0 Å². The average molecular weight is 503 g/mol. The van der Waals surface area contributed by atoms with Crippen LogP contribution in [0.4, 0.5) is 20.7 Å². The zero-order chi connectivity index (χ0) is 25.7. The number of amides is 2. The second-order valence-corrected chi connectivity index (χ2v) is 9.40. The van der Waals surface area contributed by atoms with Crippen LogP contribution in [-0.2, 0) is 9.47 Å². The lowest BCUT2D eigenvalue weighted by Gasteiger charge is -2.34. The molecule has 3 heterocycles. The molecule has 0 saturated carbocycles. The molecule has 4 rings (SSSR count). The number of pyridine rings is 1. The number of morpholine rings is 2. The molecular formula is C26H35FN4O5. The van der Waals surface area contributed by atoms with Gasteiger partial charge in [-0.15, -0.1) is 0 Å². The number of carbonyl (C=O) groups excluding carboxylic acids is 1. The molecule has 0 spiro atoms. The number of hydrogen-bond donors (Lipinski definition) is 2. The molecule has 10 heteroatoms. The van der Waals surface area contributed by atoms with E-state index in [0.29, 0.717) is 63.3 Å². The molecular weight excluding hydrogens is 467 g/mol. The number of aliphatic hydroxyl groups is 1. The van der Waals surface area contributed by atoms with E-state index in [0.717, 1.165) is 11.1 Å². The van der Waals surface area contributed by atoms with Crippen molar-refractivity contribution >= 4 is 17.5 Å². The Kier molecular flexibility index (Phi) is 8.60. The summed E-state index contributed by atoms with van der Waals surface area (Å²) >= 11 is 0. The normalized spacial score (nSPS) is 18.4. The number of aliphatic hydroxyl groups excluding tert-OH is 1. The third-order valence-electron chi connectivity index (χ3n) is 6.46. The van der Waals surface area contributed by atoms with Crippen molar-refractivity contribution in [2.45, 2.75) is 26.9 Å². The van der Waals surface area contributed by atoms with Crippen LogP contribution in [0.15, 0.2) is 24.3 Å². The van der Waals surface area contributed by atoms with Crippen LogP contribution in [0.25, 0.3) is 11.1 Å². The van der Waals surface area contributed by atoms with Gasteiger partial charge in [-0.2, -0.15) is 4.98 Å². The van der Waals surface area contributed by atoms with Crippen molar-refractivity contribution in [3.63, 3.8) is 0 Å². The lowest BCUT2D eigenvalue weighted by atomic mass is 10.00. The molecule has 9 nitrogen and oxygen atoms in total. The standard InChI is InChI=1S/C26H35FN4O5/c1-17(2)23-16-31(6-10-35-23)26(33)28-22-15-20(18(3)12-21(22)27)19-13-24(30-4-8-34-9-5-30)29-25(14-19)36-11-7-32/h12-15,17,23,32H,4-11,16H2,1-3H3,(H,28,33). The predicted molar refractivity (Wildman–Crippen MR) is 135 cm³/mol.